The van der Waals surface area contributed by atoms with Gasteiger partial charge in [0.2, 0.25) is 0 Å². The molecule has 0 amide bonds. The maximum absolute atomic E-state index is 10.8. The fraction of sp³-hybridized carbons (Fsp3) is 0.286. The molecule has 11 heavy (non-hydrogen) atoms. The summed E-state index contributed by atoms with van der Waals surface area (Å²) in [6.07, 6.45) is 1.32. The second-order valence-electron chi connectivity index (χ2n) is 1.92. The minimum atomic E-state index is -0.455. The SMILES string of the molecule is C=c1[nH]c(=COCC)c(=O)o1. The summed E-state index contributed by atoms with van der Waals surface area (Å²) >= 11 is 0. The Morgan fingerprint density at radius 1 is 1.82 bits per heavy atom. The van der Waals surface area contributed by atoms with Gasteiger partial charge in [-0.2, -0.15) is 0 Å². The van der Waals surface area contributed by atoms with Crippen LogP contribution in [0.5, 0.6) is 0 Å². The van der Waals surface area contributed by atoms with Crippen molar-refractivity contribution in [3.8, 4) is 0 Å². The number of H-pyrrole nitrogens is 1. The Balaban J connectivity index is 3.13. The van der Waals surface area contributed by atoms with Gasteiger partial charge in [-0.1, -0.05) is 0 Å². The molecule has 0 aliphatic rings. The van der Waals surface area contributed by atoms with Crippen LogP contribution in [0.15, 0.2) is 9.21 Å². The van der Waals surface area contributed by atoms with E-state index in [1.165, 1.54) is 6.26 Å². The van der Waals surface area contributed by atoms with Gasteiger partial charge in [0.1, 0.15) is 6.26 Å². The molecule has 60 valence electrons. The highest BCUT2D eigenvalue weighted by Crippen LogP contribution is 1.68. The zero-order valence-electron chi connectivity index (χ0n) is 6.22. The molecular weight excluding hydrogens is 146 g/mol. The highest BCUT2D eigenvalue weighted by molar-refractivity contribution is 5.05. The van der Waals surface area contributed by atoms with Crippen molar-refractivity contribution in [2.45, 2.75) is 6.92 Å². The molecule has 0 spiro atoms. The highest BCUT2D eigenvalue weighted by atomic mass is 16.5. The Kier molecular flexibility index (Phi) is 2.15. The van der Waals surface area contributed by atoms with E-state index in [9.17, 15) is 4.79 Å². The zero-order valence-corrected chi connectivity index (χ0v) is 6.22. The van der Waals surface area contributed by atoms with Crippen LogP contribution in [0.3, 0.4) is 0 Å². The number of rotatable bonds is 2. The molecule has 0 unspecified atom stereocenters. The smallest absolute Gasteiger partial charge is 0.364 e. The minimum absolute atomic E-state index is 0.237. The highest BCUT2D eigenvalue weighted by Gasteiger charge is 1.91. The number of aromatic amines is 1. The first-order valence-corrected chi connectivity index (χ1v) is 3.24. The molecule has 0 radical (unpaired) electrons. The van der Waals surface area contributed by atoms with Gasteiger partial charge in [-0.25, -0.2) is 4.79 Å². The lowest BCUT2D eigenvalue weighted by atomic mass is 10.7. The number of nitrogens with one attached hydrogen (secondary N) is 1. The molecule has 0 fully saturated rings. The van der Waals surface area contributed by atoms with Crippen LogP contribution in [0.4, 0.5) is 0 Å². The first-order valence-electron chi connectivity index (χ1n) is 3.24. The number of aromatic nitrogens is 1. The molecule has 1 aromatic heterocycles. The maximum Gasteiger partial charge on any atom is 0.364 e. The molecule has 4 nitrogen and oxygen atoms in total. The Hall–Kier alpha value is -1.45. The van der Waals surface area contributed by atoms with Gasteiger partial charge >= 0.3 is 5.63 Å². The molecule has 0 aliphatic heterocycles. The minimum Gasteiger partial charge on any atom is -0.499 e. The first kappa shape index (κ1) is 7.65. The molecule has 1 rings (SSSR count). The first-order chi connectivity index (χ1) is 5.24. The molecular formula is C7H9NO3. The fourth-order valence-electron chi connectivity index (χ4n) is 0.638. The van der Waals surface area contributed by atoms with Gasteiger partial charge in [0, 0.05) is 0 Å². The quantitative estimate of drug-likeness (QED) is 0.605. The van der Waals surface area contributed by atoms with Crippen molar-refractivity contribution in [1.82, 2.24) is 4.98 Å². The van der Waals surface area contributed by atoms with Crippen LogP contribution in [0.1, 0.15) is 6.92 Å². The van der Waals surface area contributed by atoms with Gasteiger partial charge in [-0.05, 0) is 13.5 Å². The molecule has 1 aromatic rings. The topological polar surface area (TPSA) is 55.2 Å². The average molecular weight is 155 g/mol. The molecule has 0 atom stereocenters. The van der Waals surface area contributed by atoms with E-state index in [2.05, 4.69) is 16.0 Å². The summed E-state index contributed by atoms with van der Waals surface area (Å²) in [6.45, 7) is 5.76. The maximum atomic E-state index is 10.8. The summed E-state index contributed by atoms with van der Waals surface area (Å²) in [6, 6.07) is 0. The number of oxazole rings is 1. The molecule has 1 heterocycles. The molecule has 0 aliphatic carbocycles. The Labute approximate surface area is 62.8 Å². The van der Waals surface area contributed by atoms with Crippen LogP contribution >= 0.6 is 0 Å². The normalized spacial score (nSPS) is 11.9. The lowest BCUT2D eigenvalue weighted by Gasteiger charge is -1.87. The van der Waals surface area contributed by atoms with Crippen molar-refractivity contribution in [1.29, 1.82) is 0 Å². The summed E-state index contributed by atoms with van der Waals surface area (Å²) in [5, 5.41) is 0.289. The lowest BCUT2D eigenvalue weighted by molar-refractivity contribution is 0.314. The van der Waals surface area contributed by atoms with Crippen molar-refractivity contribution in [3.63, 3.8) is 0 Å². The third-order valence-electron chi connectivity index (χ3n) is 1.08. The lowest BCUT2D eigenvalue weighted by Crippen LogP contribution is -2.21. The van der Waals surface area contributed by atoms with E-state index < -0.39 is 5.63 Å². The third kappa shape index (κ3) is 1.73. The molecule has 0 bridgehead atoms. The monoisotopic (exact) mass is 155 g/mol. The zero-order chi connectivity index (χ0) is 8.27. The van der Waals surface area contributed by atoms with E-state index in [4.69, 9.17) is 4.74 Å². The fourth-order valence-corrected chi connectivity index (χ4v) is 0.638. The van der Waals surface area contributed by atoms with Crippen LogP contribution in [0.25, 0.3) is 12.8 Å². The Morgan fingerprint density at radius 3 is 3.00 bits per heavy atom. The van der Waals surface area contributed by atoms with E-state index in [1.807, 2.05) is 6.92 Å². The molecule has 0 saturated carbocycles. The Bertz CT molecular complexity index is 373. The van der Waals surface area contributed by atoms with Crippen LogP contribution < -0.4 is 16.5 Å². The summed E-state index contributed by atoms with van der Waals surface area (Å²) in [7, 11) is 0. The van der Waals surface area contributed by atoms with Gasteiger partial charge in [0.25, 0.3) is 0 Å². The predicted octanol–water partition coefficient (Wildman–Crippen LogP) is -0.847. The van der Waals surface area contributed by atoms with Crippen molar-refractivity contribution >= 4 is 12.8 Å². The predicted molar refractivity (Wildman–Crippen MR) is 40.2 cm³/mol. The molecule has 0 aromatic carbocycles. The molecule has 4 heteroatoms. The van der Waals surface area contributed by atoms with Crippen LogP contribution in [-0.4, -0.2) is 11.6 Å². The average Bonchev–Trinajstić information content (AvgIpc) is 2.26. The van der Waals surface area contributed by atoms with E-state index >= 15 is 0 Å². The van der Waals surface area contributed by atoms with Gasteiger partial charge in [0.15, 0.2) is 10.9 Å². The number of hydrogen-bond acceptors (Lipinski definition) is 3. The second kappa shape index (κ2) is 3.09. The standard InChI is InChI=1S/C7H9NO3/c1-3-10-4-6-7(9)11-5(2)8-6/h4,8H,2-3H2,1H3. The largest absolute Gasteiger partial charge is 0.499 e. The summed E-state index contributed by atoms with van der Waals surface area (Å²) in [4.78, 5) is 13.4. The van der Waals surface area contributed by atoms with E-state index in [0.29, 0.717) is 6.61 Å². The van der Waals surface area contributed by atoms with Crippen LogP contribution in [0.2, 0.25) is 0 Å². The summed E-state index contributed by atoms with van der Waals surface area (Å²) in [5.74, 6) is 0. The van der Waals surface area contributed by atoms with Crippen LogP contribution in [-0.2, 0) is 4.74 Å². The number of hydrogen-bond donors (Lipinski definition) is 1. The number of ether oxygens (including phenoxy) is 1. The second-order valence-corrected chi connectivity index (χ2v) is 1.92. The van der Waals surface area contributed by atoms with E-state index in [-0.39, 0.29) is 10.9 Å². The Morgan fingerprint density at radius 2 is 2.55 bits per heavy atom. The van der Waals surface area contributed by atoms with Gasteiger partial charge in [0.05, 0.1) is 6.61 Å². The molecule has 0 saturated heterocycles. The van der Waals surface area contributed by atoms with Gasteiger partial charge in [-0.15, -0.1) is 0 Å². The summed E-state index contributed by atoms with van der Waals surface area (Å²) < 4.78 is 9.45. The van der Waals surface area contributed by atoms with Crippen molar-refractivity contribution in [3.05, 3.63) is 21.3 Å². The third-order valence-corrected chi connectivity index (χ3v) is 1.08. The van der Waals surface area contributed by atoms with Gasteiger partial charge in [-0.3, -0.25) is 0 Å². The van der Waals surface area contributed by atoms with Gasteiger partial charge < -0.3 is 14.1 Å². The molecule has 1 N–H and O–H groups in total. The van der Waals surface area contributed by atoms with E-state index in [0.717, 1.165) is 0 Å². The van der Waals surface area contributed by atoms with Crippen molar-refractivity contribution < 1.29 is 9.15 Å². The van der Waals surface area contributed by atoms with E-state index in [1.54, 1.807) is 0 Å². The summed E-state index contributed by atoms with van der Waals surface area (Å²) in [5.41, 5.74) is -0.218. The van der Waals surface area contributed by atoms with Crippen molar-refractivity contribution in [2.75, 3.05) is 6.61 Å². The van der Waals surface area contributed by atoms with Crippen molar-refractivity contribution in [2.24, 2.45) is 0 Å². The van der Waals surface area contributed by atoms with Crippen LogP contribution in [0, 0.1) is 0 Å².